The van der Waals surface area contributed by atoms with Gasteiger partial charge in [-0.05, 0) is 0 Å². The van der Waals surface area contributed by atoms with E-state index in [0.29, 0.717) is 0 Å². The Kier molecular flexibility index (Phi) is 3.79. The van der Waals surface area contributed by atoms with Crippen LogP contribution < -0.4 is 0 Å². The topological polar surface area (TPSA) is 0 Å². The monoisotopic (exact) mass is 197 g/mol. The van der Waals surface area contributed by atoms with Crippen LogP contribution in [-0.2, 0) is 0 Å². The van der Waals surface area contributed by atoms with Gasteiger partial charge in [0.05, 0.1) is 0 Å². The van der Waals surface area contributed by atoms with Gasteiger partial charge in [-0.25, -0.2) is 13.2 Å². The highest BCUT2D eigenvalue weighted by atomic mass is 19.3. The van der Waals surface area contributed by atoms with E-state index in [1.54, 1.807) is 0 Å². The summed E-state index contributed by atoms with van der Waals surface area (Å²) in [6, 6.07) is 0. The van der Waals surface area contributed by atoms with Crippen LogP contribution in [0.5, 0.6) is 0 Å². The van der Waals surface area contributed by atoms with Crippen LogP contribution in [0.1, 0.15) is 0 Å². The summed E-state index contributed by atoms with van der Waals surface area (Å²) in [7, 11) is 0. The number of rotatable bonds is 4. The Morgan fingerprint density at radius 2 is 1.58 bits per heavy atom. The minimum Gasteiger partial charge on any atom is -0.248 e. The second kappa shape index (κ2) is 3.95. The SMILES string of the molecule is FCC(F)C(F)C(F)(F)[C](F)F. The molecule has 0 heterocycles. The summed E-state index contributed by atoms with van der Waals surface area (Å²) in [5.41, 5.74) is 0. The molecular weight excluding hydrogens is 193 g/mol. The number of alkyl halides is 5. The lowest BCUT2D eigenvalue weighted by molar-refractivity contribution is -0.136. The molecule has 0 saturated heterocycles. The first kappa shape index (κ1) is 11.5. The molecule has 0 saturated carbocycles. The fourth-order valence-electron chi connectivity index (χ4n) is 0.410. The zero-order chi connectivity index (χ0) is 9.94. The molecule has 0 rings (SSSR count). The van der Waals surface area contributed by atoms with E-state index in [9.17, 15) is 30.7 Å². The van der Waals surface area contributed by atoms with Gasteiger partial charge >= 0.3 is 12.3 Å². The highest BCUT2D eigenvalue weighted by molar-refractivity contribution is 4.93. The molecule has 0 spiro atoms. The number of hydrogen-bond acceptors (Lipinski definition) is 0. The first-order valence-electron chi connectivity index (χ1n) is 2.74. The third kappa shape index (κ3) is 2.25. The van der Waals surface area contributed by atoms with Crippen molar-refractivity contribution in [3.8, 4) is 0 Å². The van der Waals surface area contributed by atoms with Crippen molar-refractivity contribution in [2.24, 2.45) is 0 Å². The Morgan fingerprint density at radius 1 is 1.17 bits per heavy atom. The van der Waals surface area contributed by atoms with Crippen LogP contribution in [-0.4, -0.2) is 24.9 Å². The summed E-state index contributed by atoms with van der Waals surface area (Å²) >= 11 is 0. The second-order valence-electron chi connectivity index (χ2n) is 1.96. The molecule has 1 radical (unpaired) electrons. The van der Waals surface area contributed by atoms with E-state index in [2.05, 4.69) is 0 Å². The van der Waals surface area contributed by atoms with Gasteiger partial charge in [0.15, 0.2) is 6.17 Å². The van der Waals surface area contributed by atoms with Crippen LogP contribution in [0.3, 0.4) is 0 Å². The predicted octanol–water partition coefficient (Wildman–Crippen LogP) is 2.70. The van der Waals surface area contributed by atoms with Crippen molar-refractivity contribution in [1.29, 1.82) is 0 Å². The first-order chi connectivity index (χ1) is 5.34. The Hall–Kier alpha value is -0.490. The van der Waals surface area contributed by atoms with E-state index in [1.165, 1.54) is 0 Å². The van der Waals surface area contributed by atoms with Crippen molar-refractivity contribution >= 4 is 0 Å². The van der Waals surface area contributed by atoms with E-state index in [0.717, 1.165) is 0 Å². The summed E-state index contributed by atoms with van der Waals surface area (Å²) in [5.74, 6) is -5.22. The lowest BCUT2D eigenvalue weighted by Gasteiger charge is -2.19. The standard InChI is InChI=1S/C5H4F7/c6-1-2(7)3(8)5(11,12)4(9)10/h2-3H,1H2. The van der Waals surface area contributed by atoms with Gasteiger partial charge in [0.1, 0.15) is 6.67 Å². The molecule has 73 valence electrons. The van der Waals surface area contributed by atoms with E-state index < -0.39 is 31.4 Å². The summed E-state index contributed by atoms with van der Waals surface area (Å²) in [5, 5.41) is 0. The maximum Gasteiger partial charge on any atom is 0.381 e. The molecule has 0 aliphatic rings. The van der Waals surface area contributed by atoms with Gasteiger partial charge < -0.3 is 0 Å². The Morgan fingerprint density at radius 3 is 1.83 bits per heavy atom. The Balaban J connectivity index is 4.34. The van der Waals surface area contributed by atoms with E-state index in [4.69, 9.17) is 0 Å². The van der Waals surface area contributed by atoms with Crippen molar-refractivity contribution in [2.75, 3.05) is 6.67 Å². The molecule has 0 aromatic heterocycles. The fourth-order valence-corrected chi connectivity index (χ4v) is 0.410. The molecule has 0 aliphatic carbocycles. The first-order valence-corrected chi connectivity index (χ1v) is 2.74. The Bertz CT molecular complexity index is 134. The van der Waals surface area contributed by atoms with E-state index >= 15 is 0 Å². The molecular formula is C5H4F7. The molecule has 2 unspecified atom stereocenters. The lowest BCUT2D eigenvalue weighted by Crippen LogP contribution is -2.40. The summed E-state index contributed by atoms with van der Waals surface area (Å²) < 4.78 is 81.0. The highest BCUT2D eigenvalue weighted by Crippen LogP contribution is 2.36. The molecule has 0 aliphatic heterocycles. The predicted molar refractivity (Wildman–Crippen MR) is 26.2 cm³/mol. The van der Waals surface area contributed by atoms with Crippen molar-refractivity contribution < 1.29 is 30.7 Å². The van der Waals surface area contributed by atoms with Gasteiger partial charge in [0, 0.05) is 0 Å². The molecule has 0 amide bonds. The highest BCUT2D eigenvalue weighted by Gasteiger charge is 2.54. The van der Waals surface area contributed by atoms with Crippen LogP contribution in [0.25, 0.3) is 0 Å². The van der Waals surface area contributed by atoms with Crippen molar-refractivity contribution in [2.45, 2.75) is 18.3 Å². The van der Waals surface area contributed by atoms with Gasteiger partial charge in [-0.15, -0.1) is 0 Å². The van der Waals surface area contributed by atoms with Gasteiger partial charge in [-0.1, -0.05) is 0 Å². The largest absolute Gasteiger partial charge is 0.381 e. The van der Waals surface area contributed by atoms with Gasteiger partial charge in [0.2, 0.25) is 6.17 Å². The van der Waals surface area contributed by atoms with E-state index in [1.807, 2.05) is 0 Å². The Labute approximate surface area is 63.4 Å². The zero-order valence-electron chi connectivity index (χ0n) is 5.51. The maximum absolute atomic E-state index is 12.0. The third-order valence-electron chi connectivity index (χ3n) is 1.06. The molecule has 12 heavy (non-hydrogen) atoms. The maximum atomic E-state index is 12.0. The smallest absolute Gasteiger partial charge is 0.248 e. The average molecular weight is 197 g/mol. The normalized spacial score (nSPS) is 18.0. The summed E-state index contributed by atoms with van der Waals surface area (Å²) in [6.45, 7) is -2.07. The van der Waals surface area contributed by atoms with Gasteiger partial charge in [-0.2, -0.15) is 17.6 Å². The minimum atomic E-state index is -5.22. The average Bonchev–Trinajstić information content (AvgIpc) is 2.01. The molecule has 0 nitrogen and oxygen atoms in total. The second-order valence-corrected chi connectivity index (χ2v) is 1.96. The van der Waals surface area contributed by atoms with Crippen LogP contribution in [0.15, 0.2) is 0 Å². The minimum absolute atomic E-state index is 2.07. The molecule has 0 fully saturated rings. The molecule has 0 N–H and O–H groups in total. The zero-order valence-corrected chi connectivity index (χ0v) is 5.51. The van der Waals surface area contributed by atoms with Crippen LogP contribution >= 0.6 is 0 Å². The molecule has 0 bridgehead atoms. The summed E-state index contributed by atoms with van der Waals surface area (Å²) in [6.07, 6.45) is -10.6. The molecule has 7 heteroatoms. The van der Waals surface area contributed by atoms with Gasteiger partial charge in [-0.3, -0.25) is 0 Å². The third-order valence-corrected chi connectivity index (χ3v) is 1.06. The lowest BCUT2D eigenvalue weighted by atomic mass is 10.1. The number of hydrogen-bond donors (Lipinski definition) is 0. The molecule has 0 aromatic carbocycles. The van der Waals surface area contributed by atoms with Crippen molar-refractivity contribution in [3.63, 3.8) is 0 Å². The molecule has 0 aromatic rings. The van der Waals surface area contributed by atoms with E-state index in [-0.39, 0.29) is 0 Å². The van der Waals surface area contributed by atoms with Crippen LogP contribution in [0.4, 0.5) is 30.7 Å². The quantitative estimate of drug-likeness (QED) is 0.608. The van der Waals surface area contributed by atoms with Crippen molar-refractivity contribution in [3.05, 3.63) is 6.43 Å². The summed E-state index contributed by atoms with van der Waals surface area (Å²) in [4.78, 5) is 0. The number of halogens is 7. The van der Waals surface area contributed by atoms with Crippen molar-refractivity contribution in [1.82, 2.24) is 0 Å². The molecule has 2 atom stereocenters. The van der Waals surface area contributed by atoms with Gasteiger partial charge in [0.25, 0.3) is 0 Å². The van der Waals surface area contributed by atoms with Crippen LogP contribution in [0.2, 0.25) is 0 Å². The fraction of sp³-hybridized carbons (Fsp3) is 0.800. The van der Waals surface area contributed by atoms with Crippen LogP contribution in [0, 0.1) is 6.43 Å².